The van der Waals surface area contributed by atoms with Gasteiger partial charge < -0.3 is 0 Å². The molecule has 14 heavy (non-hydrogen) atoms. The number of amides is 1. The Balaban J connectivity index is 3.03. The van der Waals surface area contributed by atoms with Gasteiger partial charge in [0, 0.05) is 5.56 Å². The standard InChI is InChI=1S/C12H13NO/c1-4-7-13-12(14)11-6-5-9(2)10(3)8-11/h4-6,8H,1-3H3. The number of hydrogen-bond donors (Lipinski definition) is 0. The maximum atomic E-state index is 11.4. The molecule has 1 rings (SSSR count). The number of aryl methyl sites for hydroxylation is 2. The van der Waals surface area contributed by atoms with Crippen LogP contribution >= 0.6 is 0 Å². The summed E-state index contributed by atoms with van der Waals surface area (Å²) < 4.78 is 0. The fraction of sp³-hybridized carbons (Fsp3) is 0.250. The number of rotatable bonds is 1. The molecule has 0 aromatic heterocycles. The van der Waals surface area contributed by atoms with Crippen LogP contribution in [0.1, 0.15) is 28.4 Å². The summed E-state index contributed by atoms with van der Waals surface area (Å²) in [5, 5.41) is 0. The largest absolute Gasteiger partial charge is 0.285 e. The minimum atomic E-state index is -0.244. The molecule has 72 valence electrons. The first-order valence-electron chi connectivity index (χ1n) is 4.51. The van der Waals surface area contributed by atoms with Crippen molar-refractivity contribution in [3.63, 3.8) is 0 Å². The summed E-state index contributed by atoms with van der Waals surface area (Å²) in [6.45, 7) is 5.77. The van der Waals surface area contributed by atoms with Gasteiger partial charge in [-0.25, -0.2) is 0 Å². The molecule has 2 nitrogen and oxygen atoms in total. The number of carbonyl (C=O) groups excluding carboxylic acids is 1. The zero-order valence-electron chi connectivity index (χ0n) is 8.66. The SMILES string of the molecule is CC=C=NC(=O)c1ccc(C)c(C)c1. The van der Waals surface area contributed by atoms with Crippen LogP contribution in [-0.4, -0.2) is 11.8 Å². The highest BCUT2D eigenvalue weighted by atomic mass is 16.1. The molecule has 0 unspecified atom stereocenters. The number of hydrogen-bond acceptors (Lipinski definition) is 1. The number of benzene rings is 1. The molecule has 0 fully saturated rings. The highest BCUT2D eigenvalue weighted by Crippen LogP contribution is 2.10. The van der Waals surface area contributed by atoms with Crippen LogP contribution in [0.25, 0.3) is 0 Å². The zero-order chi connectivity index (χ0) is 10.6. The van der Waals surface area contributed by atoms with E-state index >= 15 is 0 Å². The predicted molar refractivity (Wildman–Crippen MR) is 57.9 cm³/mol. The van der Waals surface area contributed by atoms with Crippen LogP contribution in [0, 0.1) is 13.8 Å². The summed E-state index contributed by atoms with van der Waals surface area (Å²) in [7, 11) is 0. The Morgan fingerprint density at radius 1 is 1.36 bits per heavy atom. The van der Waals surface area contributed by atoms with Gasteiger partial charge in [-0.1, -0.05) is 6.07 Å². The molecule has 0 heterocycles. The highest BCUT2D eigenvalue weighted by Gasteiger charge is 2.03. The molecule has 2 heteroatoms. The molecular weight excluding hydrogens is 174 g/mol. The van der Waals surface area contributed by atoms with Crippen molar-refractivity contribution in [1.29, 1.82) is 0 Å². The van der Waals surface area contributed by atoms with E-state index in [-0.39, 0.29) is 5.91 Å². The van der Waals surface area contributed by atoms with Gasteiger partial charge in [0.2, 0.25) is 0 Å². The molecule has 1 aromatic rings. The molecule has 1 amide bonds. The van der Waals surface area contributed by atoms with Gasteiger partial charge in [-0.05, 0) is 56.0 Å². The lowest BCUT2D eigenvalue weighted by atomic mass is 10.1. The maximum absolute atomic E-state index is 11.4. The molecule has 0 N–H and O–H groups in total. The third kappa shape index (κ3) is 2.41. The van der Waals surface area contributed by atoms with Crippen LogP contribution in [-0.2, 0) is 0 Å². The summed E-state index contributed by atoms with van der Waals surface area (Å²) >= 11 is 0. The van der Waals surface area contributed by atoms with Crippen molar-refractivity contribution in [2.45, 2.75) is 20.8 Å². The average molecular weight is 187 g/mol. The van der Waals surface area contributed by atoms with E-state index in [0.717, 1.165) is 5.56 Å². The van der Waals surface area contributed by atoms with E-state index in [2.05, 4.69) is 10.9 Å². The monoisotopic (exact) mass is 187 g/mol. The molecular formula is C12H13NO. The smallest absolute Gasteiger partial charge is 0.266 e. The van der Waals surface area contributed by atoms with Crippen LogP contribution in [0.3, 0.4) is 0 Å². The number of nitrogens with zero attached hydrogens (tertiary/aromatic N) is 1. The van der Waals surface area contributed by atoms with Crippen LogP contribution < -0.4 is 0 Å². The third-order valence-corrected chi connectivity index (χ3v) is 2.05. The maximum Gasteiger partial charge on any atom is 0.285 e. The molecule has 0 spiro atoms. The fourth-order valence-corrected chi connectivity index (χ4v) is 1.06. The second-order valence-corrected chi connectivity index (χ2v) is 3.13. The van der Waals surface area contributed by atoms with Gasteiger partial charge >= 0.3 is 0 Å². The molecule has 0 aliphatic carbocycles. The van der Waals surface area contributed by atoms with E-state index in [1.165, 1.54) is 5.56 Å². The average Bonchev–Trinajstić information content (AvgIpc) is 2.18. The molecule has 0 atom stereocenters. The Labute approximate surface area is 84.0 Å². The van der Waals surface area contributed by atoms with Crippen molar-refractivity contribution in [3.8, 4) is 0 Å². The van der Waals surface area contributed by atoms with Gasteiger partial charge in [0.05, 0.1) is 0 Å². The third-order valence-electron chi connectivity index (χ3n) is 2.05. The lowest BCUT2D eigenvalue weighted by Gasteiger charge is -2.00. The minimum Gasteiger partial charge on any atom is -0.266 e. The Morgan fingerprint density at radius 3 is 2.64 bits per heavy atom. The van der Waals surface area contributed by atoms with Gasteiger partial charge in [0.15, 0.2) is 0 Å². The second-order valence-electron chi connectivity index (χ2n) is 3.13. The van der Waals surface area contributed by atoms with Crippen molar-refractivity contribution < 1.29 is 4.79 Å². The minimum absolute atomic E-state index is 0.244. The summed E-state index contributed by atoms with van der Waals surface area (Å²) in [5.74, 6) is 2.29. The normalized spacial score (nSPS) is 9.07. The molecule has 0 bridgehead atoms. The molecule has 0 saturated carbocycles. The summed E-state index contributed by atoms with van der Waals surface area (Å²) in [4.78, 5) is 15.1. The molecule has 0 radical (unpaired) electrons. The van der Waals surface area contributed by atoms with Crippen molar-refractivity contribution in [3.05, 3.63) is 41.0 Å². The second kappa shape index (κ2) is 4.54. The Hall–Kier alpha value is -1.66. The summed E-state index contributed by atoms with van der Waals surface area (Å²) in [5.41, 5.74) is 2.89. The Bertz CT molecular complexity index is 412. The van der Waals surface area contributed by atoms with Gasteiger partial charge in [-0.15, -0.1) is 0 Å². The van der Waals surface area contributed by atoms with E-state index in [9.17, 15) is 4.79 Å². The first-order valence-corrected chi connectivity index (χ1v) is 4.51. The first kappa shape index (κ1) is 10.4. The van der Waals surface area contributed by atoms with Crippen LogP contribution in [0.2, 0.25) is 0 Å². The quantitative estimate of drug-likeness (QED) is 0.621. The first-order chi connectivity index (χ1) is 6.65. The van der Waals surface area contributed by atoms with Gasteiger partial charge in [0.1, 0.15) is 0 Å². The van der Waals surface area contributed by atoms with Crippen molar-refractivity contribution in [2.75, 3.05) is 0 Å². The number of carbonyl (C=O) groups is 1. The Kier molecular flexibility index (Phi) is 3.38. The van der Waals surface area contributed by atoms with E-state index in [1.54, 1.807) is 19.1 Å². The van der Waals surface area contributed by atoms with E-state index in [1.807, 2.05) is 26.0 Å². The van der Waals surface area contributed by atoms with E-state index in [4.69, 9.17) is 0 Å². The lowest BCUT2D eigenvalue weighted by molar-refractivity contribution is 0.100. The fourth-order valence-electron chi connectivity index (χ4n) is 1.06. The van der Waals surface area contributed by atoms with Crippen molar-refractivity contribution >= 4 is 11.8 Å². The van der Waals surface area contributed by atoms with Gasteiger partial charge in [-0.3, -0.25) is 4.79 Å². The number of aliphatic imine (C=N–C) groups is 1. The lowest BCUT2D eigenvalue weighted by Crippen LogP contribution is -1.95. The van der Waals surface area contributed by atoms with Crippen LogP contribution in [0.5, 0.6) is 0 Å². The van der Waals surface area contributed by atoms with Gasteiger partial charge in [0.25, 0.3) is 5.91 Å². The predicted octanol–water partition coefficient (Wildman–Crippen LogP) is 2.69. The van der Waals surface area contributed by atoms with Crippen LogP contribution in [0.15, 0.2) is 29.3 Å². The summed E-state index contributed by atoms with van der Waals surface area (Å²) in [6.07, 6.45) is 1.61. The number of allylic oxidation sites excluding steroid dienone is 1. The van der Waals surface area contributed by atoms with Crippen molar-refractivity contribution in [2.24, 2.45) is 4.99 Å². The zero-order valence-corrected chi connectivity index (χ0v) is 8.66. The molecule has 0 aliphatic heterocycles. The topological polar surface area (TPSA) is 29.4 Å². The highest BCUT2D eigenvalue weighted by molar-refractivity contribution is 5.98. The van der Waals surface area contributed by atoms with Gasteiger partial charge in [-0.2, -0.15) is 4.99 Å². The van der Waals surface area contributed by atoms with E-state index in [0.29, 0.717) is 5.56 Å². The summed E-state index contributed by atoms with van der Waals surface area (Å²) in [6, 6.07) is 5.55. The van der Waals surface area contributed by atoms with E-state index < -0.39 is 0 Å². The molecule has 1 aromatic carbocycles. The molecule has 0 saturated heterocycles. The molecule has 0 aliphatic rings. The Morgan fingerprint density at radius 2 is 2.07 bits per heavy atom. The van der Waals surface area contributed by atoms with Crippen LogP contribution in [0.4, 0.5) is 0 Å². The van der Waals surface area contributed by atoms with Crippen molar-refractivity contribution in [1.82, 2.24) is 0 Å².